The first-order valence-electron chi connectivity index (χ1n) is 7.83. The van der Waals surface area contributed by atoms with Crippen LogP contribution < -0.4 is 29.0 Å². The van der Waals surface area contributed by atoms with Crippen LogP contribution >= 0.6 is 0 Å². The van der Waals surface area contributed by atoms with E-state index in [0.717, 1.165) is 5.69 Å². The van der Waals surface area contributed by atoms with Crippen molar-refractivity contribution in [1.29, 1.82) is 0 Å². The first kappa shape index (κ1) is 17.5. The molecule has 0 bridgehead atoms. The molecule has 0 spiro atoms. The van der Waals surface area contributed by atoms with Gasteiger partial charge in [-0.1, -0.05) is 0 Å². The van der Waals surface area contributed by atoms with Crippen molar-refractivity contribution >= 4 is 11.5 Å². The van der Waals surface area contributed by atoms with Crippen LogP contribution in [0, 0.1) is 0 Å². The second kappa shape index (κ2) is 7.69. The van der Waals surface area contributed by atoms with Crippen LogP contribution in [-0.2, 0) is 0 Å². The second-order valence-electron chi connectivity index (χ2n) is 5.32. The Morgan fingerprint density at radius 2 is 1.69 bits per heavy atom. The monoisotopic (exact) mass is 357 g/mol. The molecule has 7 nitrogen and oxygen atoms in total. The highest BCUT2D eigenvalue weighted by molar-refractivity contribution is 6.05. The number of hydrogen-bond donors (Lipinski definition) is 1. The minimum absolute atomic E-state index is 0.211. The molecule has 1 N–H and O–H groups in total. The Balaban J connectivity index is 1.74. The highest BCUT2D eigenvalue weighted by Crippen LogP contribution is 2.38. The van der Waals surface area contributed by atoms with E-state index < -0.39 is 0 Å². The van der Waals surface area contributed by atoms with E-state index in [1.54, 1.807) is 30.5 Å². The molecule has 0 saturated heterocycles. The van der Waals surface area contributed by atoms with E-state index in [2.05, 4.69) is 5.32 Å². The predicted molar refractivity (Wildman–Crippen MR) is 95.8 cm³/mol. The summed E-state index contributed by atoms with van der Waals surface area (Å²) in [4.78, 5) is 12.4. The average molecular weight is 357 g/mol. The standard InChI is InChI=1S/C19H19NO6/c1-22-17-8-12(9-18(23-2)19(17)24-3)14(21)6-7-20-13-4-5-15-16(10-13)26-11-25-15/h4-10,20H,11H2,1-3H3. The number of methoxy groups -OCH3 is 3. The number of anilines is 1. The summed E-state index contributed by atoms with van der Waals surface area (Å²) in [6, 6.07) is 8.65. The zero-order valence-corrected chi connectivity index (χ0v) is 14.7. The summed E-state index contributed by atoms with van der Waals surface area (Å²) in [5.74, 6) is 2.44. The lowest BCUT2D eigenvalue weighted by Crippen LogP contribution is -2.01. The Kier molecular flexibility index (Phi) is 5.17. The summed E-state index contributed by atoms with van der Waals surface area (Å²) in [7, 11) is 4.52. The normalized spacial score (nSPS) is 12.1. The zero-order valence-electron chi connectivity index (χ0n) is 14.7. The molecule has 136 valence electrons. The summed E-state index contributed by atoms with van der Waals surface area (Å²) in [5, 5.41) is 3.03. The van der Waals surface area contributed by atoms with E-state index in [0.29, 0.717) is 34.3 Å². The van der Waals surface area contributed by atoms with Crippen molar-refractivity contribution in [2.75, 3.05) is 33.4 Å². The molecule has 3 rings (SSSR count). The number of rotatable bonds is 7. The Morgan fingerprint density at radius 1 is 1.00 bits per heavy atom. The molecular weight excluding hydrogens is 338 g/mol. The van der Waals surface area contributed by atoms with Crippen molar-refractivity contribution in [3.05, 3.63) is 48.2 Å². The maximum atomic E-state index is 12.4. The van der Waals surface area contributed by atoms with Gasteiger partial charge in [0.2, 0.25) is 12.5 Å². The molecule has 0 aromatic heterocycles. The van der Waals surface area contributed by atoms with Crippen LogP contribution in [0.3, 0.4) is 0 Å². The van der Waals surface area contributed by atoms with Gasteiger partial charge in [-0.3, -0.25) is 4.79 Å². The molecule has 1 aliphatic rings. The van der Waals surface area contributed by atoms with Crippen molar-refractivity contribution in [3.8, 4) is 28.7 Å². The van der Waals surface area contributed by atoms with Crippen LogP contribution in [0.25, 0.3) is 0 Å². The SMILES string of the molecule is COc1cc(C(=O)C=CNc2ccc3c(c2)OCO3)cc(OC)c1OC. The molecule has 0 aliphatic carbocycles. The van der Waals surface area contributed by atoms with Gasteiger partial charge in [-0.2, -0.15) is 0 Å². The smallest absolute Gasteiger partial charge is 0.231 e. The highest BCUT2D eigenvalue weighted by Gasteiger charge is 2.16. The minimum atomic E-state index is -0.211. The summed E-state index contributed by atoms with van der Waals surface area (Å²) in [6.07, 6.45) is 2.98. The van der Waals surface area contributed by atoms with Gasteiger partial charge in [-0.15, -0.1) is 0 Å². The average Bonchev–Trinajstić information content (AvgIpc) is 3.14. The lowest BCUT2D eigenvalue weighted by Gasteiger charge is -2.13. The molecule has 26 heavy (non-hydrogen) atoms. The molecule has 0 unspecified atom stereocenters. The van der Waals surface area contributed by atoms with Crippen molar-refractivity contribution in [3.63, 3.8) is 0 Å². The summed E-state index contributed by atoms with van der Waals surface area (Å²) < 4.78 is 26.4. The minimum Gasteiger partial charge on any atom is -0.493 e. The number of benzene rings is 2. The number of hydrogen-bond acceptors (Lipinski definition) is 7. The lowest BCUT2D eigenvalue weighted by molar-refractivity contribution is 0.104. The van der Waals surface area contributed by atoms with Gasteiger partial charge in [0.05, 0.1) is 21.3 Å². The summed E-state index contributed by atoms with van der Waals surface area (Å²) >= 11 is 0. The molecule has 0 amide bonds. The van der Waals surface area contributed by atoms with E-state index >= 15 is 0 Å². The third-order valence-corrected chi connectivity index (χ3v) is 3.81. The van der Waals surface area contributed by atoms with Gasteiger partial charge in [-0.25, -0.2) is 0 Å². The first-order chi connectivity index (χ1) is 12.7. The fourth-order valence-corrected chi connectivity index (χ4v) is 2.52. The van der Waals surface area contributed by atoms with Gasteiger partial charge in [0.1, 0.15) is 0 Å². The Morgan fingerprint density at radius 3 is 2.35 bits per heavy atom. The first-order valence-corrected chi connectivity index (χ1v) is 7.83. The fourth-order valence-electron chi connectivity index (χ4n) is 2.52. The van der Waals surface area contributed by atoms with Gasteiger partial charge < -0.3 is 29.0 Å². The molecule has 2 aromatic carbocycles. The molecule has 0 saturated carbocycles. The van der Waals surface area contributed by atoms with E-state index in [-0.39, 0.29) is 12.6 Å². The molecule has 7 heteroatoms. The quantitative estimate of drug-likeness (QED) is 0.602. The molecule has 0 atom stereocenters. The van der Waals surface area contributed by atoms with Crippen LogP contribution in [0.2, 0.25) is 0 Å². The third-order valence-electron chi connectivity index (χ3n) is 3.81. The molecule has 1 heterocycles. The number of carbonyl (C=O) groups excluding carboxylic acids is 1. The van der Waals surface area contributed by atoms with Gasteiger partial charge in [-0.05, 0) is 24.3 Å². The molecule has 0 fully saturated rings. The predicted octanol–water partition coefficient (Wildman–Crippen LogP) is 3.25. The molecule has 0 radical (unpaired) electrons. The Hall–Kier alpha value is -3.35. The number of nitrogens with one attached hydrogen (secondary N) is 1. The largest absolute Gasteiger partial charge is 0.493 e. The fraction of sp³-hybridized carbons (Fsp3) is 0.211. The van der Waals surface area contributed by atoms with Crippen molar-refractivity contribution in [1.82, 2.24) is 0 Å². The molecular formula is C19H19NO6. The lowest BCUT2D eigenvalue weighted by atomic mass is 10.1. The van der Waals surface area contributed by atoms with Crippen LogP contribution in [0.5, 0.6) is 28.7 Å². The Labute approximate surface area is 151 Å². The van der Waals surface area contributed by atoms with Crippen LogP contribution in [0.4, 0.5) is 5.69 Å². The van der Waals surface area contributed by atoms with Gasteiger partial charge >= 0.3 is 0 Å². The highest BCUT2D eigenvalue weighted by atomic mass is 16.7. The van der Waals surface area contributed by atoms with Crippen LogP contribution in [0.1, 0.15) is 10.4 Å². The summed E-state index contributed by atoms with van der Waals surface area (Å²) in [6.45, 7) is 0.217. The zero-order chi connectivity index (χ0) is 18.5. The number of allylic oxidation sites excluding steroid dienone is 1. The van der Waals surface area contributed by atoms with E-state index in [1.165, 1.54) is 27.4 Å². The maximum absolute atomic E-state index is 12.4. The topological polar surface area (TPSA) is 75.3 Å². The molecule has 2 aromatic rings. The van der Waals surface area contributed by atoms with Crippen LogP contribution in [-0.4, -0.2) is 33.9 Å². The summed E-state index contributed by atoms with van der Waals surface area (Å²) in [5.41, 5.74) is 1.20. The van der Waals surface area contributed by atoms with E-state index in [9.17, 15) is 4.79 Å². The number of ketones is 1. The number of ether oxygens (including phenoxy) is 5. The van der Waals surface area contributed by atoms with Gasteiger partial charge in [0.25, 0.3) is 0 Å². The third kappa shape index (κ3) is 3.51. The van der Waals surface area contributed by atoms with Crippen molar-refractivity contribution in [2.45, 2.75) is 0 Å². The second-order valence-corrected chi connectivity index (χ2v) is 5.32. The molecule has 1 aliphatic heterocycles. The van der Waals surface area contributed by atoms with E-state index in [4.69, 9.17) is 23.7 Å². The van der Waals surface area contributed by atoms with E-state index in [1.807, 2.05) is 6.07 Å². The van der Waals surface area contributed by atoms with Crippen LogP contribution in [0.15, 0.2) is 42.6 Å². The number of fused-ring (bicyclic) bond motifs is 1. The van der Waals surface area contributed by atoms with Crippen molar-refractivity contribution < 1.29 is 28.5 Å². The Bertz CT molecular complexity index is 821. The van der Waals surface area contributed by atoms with Gasteiger partial charge in [0, 0.05) is 29.6 Å². The van der Waals surface area contributed by atoms with Gasteiger partial charge in [0.15, 0.2) is 28.8 Å². The maximum Gasteiger partial charge on any atom is 0.231 e. The number of carbonyl (C=O) groups is 1. The van der Waals surface area contributed by atoms with Crippen molar-refractivity contribution in [2.24, 2.45) is 0 Å².